The molecular weight excluding hydrogens is 392 g/mol. The van der Waals surface area contributed by atoms with E-state index in [0.717, 1.165) is 0 Å². The largest absolute Gasteiger partial charge is 0.382 e. The number of rotatable bonds is 6. The lowest BCUT2D eigenvalue weighted by atomic mass is 10.1. The topological polar surface area (TPSA) is 149 Å². The molecule has 150 valence electrons. The lowest BCUT2D eigenvalue weighted by Gasteiger charge is -2.22. The van der Waals surface area contributed by atoms with Gasteiger partial charge >= 0.3 is 0 Å². The van der Waals surface area contributed by atoms with E-state index in [0.29, 0.717) is 34.8 Å². The second kappa shape index (κ2) is 8.43. The Morgan fingerprint density at radius 2 is 2.10 bits per heavy atom. The minimum absolute atomic E-state index is 0.0461. The van der Waals surface area contributed by atoms with E-state index in [-0.39, 0.29) is 28.7 Å². The highest BCUT2D eigenvalue weighted by Gasteiger charge is 2.21. The van der Waals surface area contributed by atoms with Crippen molar-refractivity contribution in [2.45, 2.75) is 26.4 Å². The fourth-order valence-electron chi connectivity index (χ4n) is 3.02. The molecule has 0 bridgehead atoms. The third kappa shape index (κ3) is 3.99. The van der Waals surface area contributed by atoms with Crippen molar-refractivity contribution in [3.8, 4) is 6.07 Å². The number of nitriles is 1. The van der Waals surface area contributed by atoms with Crippen molar-refractivity contribution in [2.24, 2.45) is 11.7 Å². The standard InChI is InChI=1S/C19H21ClN8O/c1-10(6-21)8-28-18(27-14-5-3-4-13(20)15(14)19(28)29)11(2)26-17-12(7-22)16(23)24-9-25-17/h3-5,9-11H,6,8,21H2,1-2H3,(H3,23,24,25,26)/t10?,11-/m0/s1. The molecule has 10 heteroatoms. The van der Waals surface area contributed by atoms with Crippen molar-refractivity contribution in [1.29, 1.82) is 5.26 Å². The van der Waals surface area contributed by atoms with Gasteiger partial charge in [-0.2, -0.15) is 5.26 Å². The number of nitrogens with one attached hydrogen (secondary N) is 1. The molecule has 0 radical (unpaired) electrons. The van der Waals surface area contributed by atoms with E-state index < -0.39 is 6.04 Å². The van der Waals surface area contributed by atoms with Crippen LogP contribution in [-0.4, -0.2) is 26.1 Å². The first-order valence-corrected chi connectivity index (χ1v) is 9.41. The van der Waals surface area contributed by atoms with Gasteiger partial charge in [-0.25, -0.2) is 15.0 Å². The van der Waals surface area contributed by atoms with Gasteiger partial charge < -0.3 is 16.8 Å². The summed E-state index contributed by atoms with van der Waals surface area (Å²) in [4.78, 5) is 25.8. The van der Waals surface area contributed by atoms with Crippen molar-refractivity contribution in [1.82, 2.24) is 19.5 Å². The lowest BCUT2D eigenvalue weighted by molar-refractivity contribution is 0.459. The second-order valence-corrected chi connectivity index (χ2v) is 7.23. The molecule has 5 N–H and O–H groups in total. The van der Waals surface area contributed by atoms with E-state index >= 15 is 0 Å². The van der Waals surface area contributed by atoms with Gasteiger partial charge in [-0.3, -0.25) is 9.36 Å². The fourth-order valence-corrected chi connectivity index (χ4v) is 3.27. The third-order valence-corrected chi connectivity index (χ3v) is 4.90. The van der Waals surface area contributed by atoms with Gasteiger partial charge in [0.25, 0.3) is 5.56 Å². The van der Waals surface area contributed by atoms with Crippen LogP contribution in [-0.2, 0) is 6.54 Å². The van der Waals surface area contributed by atoms with E-state index in [9.17, 15) is 10.1 Å². The van der Waals surface area contributed by atoms with E-state index in [4.69, 9.17) is 23.1 Å². The number of fused-ring (bicyclic) bond motifs is 1. The molecule has 0 fully saturated rings. The van der Waals surface area contributed by atoms with E-state index in [2.05, 4.69) is 20.3 Å². The molecule has 0 aliphatic carbocycles. The zero-order valence-corrected chi connectivity index (χ0v) is 16.8. The van der Waals surface area contributed by atoms with E-state index in [1.54, 1.807) is 22.8 Å². The molecule has 1 aromatic carbocycles. The van der Waals surface area contributed by atoms with Crippen molar-refractivity contribution < 1.29 is 0 Å². The van der Waals surface area contributed by atoms with Gasteiger partial charge in [-0.05, 0) is 31.5 Å². The van der Waals surface area contributed by atoms with Crippen molar-refractivity contribution >= 4 is 34.1 Å². The molecule has 0 spiro atoms. The summed E-state index contributed by atoms with van der Waals surface area (Å²) in [6.07, 6.45) is 1.27. The van der Waals surface area contributed by atoms with Crippen LogP contribution in [0.3, 0.4) is 0 Å². The molecule has 2 aromatic heterocycles. The Morgan fingerprint density at radius 1 is 1.34 bits per heavy atom. The van der Waals surface area contributed by atoms with E-state index in [1.165, 1.54) is 6.33 Å². The SMILES string of the molecule is CC(CN)Cn1c([C@H](C)Nc2ncnc(N)c2C#N)nc2cccc(Cl)c2c1=O. The second-order valence-electron chi connectivity index (χ2n) is 6.82. The maximum Gasteiger partial charge on any atom is 0.262 e. The zero-order chi connectivity index (χ0) is 21.1. The van der Waals surface area contributed by atoms with Gasteiger partial charge in [0.2, 0.25) is 0 Å². The van der Waals surface area contributed by atoms with Gasteiger partial charge in [0, 0.05) is 6.54 Å². The van der Waals surface area contributed by atoms with Gasteiger partial charge in [0.15, 0.2) is 0 Å². The number of nitrogens with zero attached hydrogens (tertiary/aromatic N) is 5. The van der Waals surface area contributed by atoms with Crippen LogP contribution in [0.4, 0.5) is 11.6 Å². The molecule has 2 atom stereocenters. The van der Waals surface area contributed by atoms with Gasteiger partial charge in [-0.1, -0.05) is 24.6 Å². The first-order valence-electron chi connectivity index (χ1n) is 9.03. The van der Waals surface area contributed by atoms with Gasteiger partial charge in [-0.15, -0.1) is 0 Å². The molecule has 0 amide bonds. The van der Waals surface area contributed by atoms with Crippen LogP contribution in [0.1, 0.15) is 31.3 Å². The Morgan fingerprint density at radius 3 is 2.79 bits per heavy atom. The number of anilines is 2. The smallest absolute Gasteiger partial charge is 0.262 e. The number of nitrogens with two attached hydrogens (primary N) is 2. The molecule has 9 nitrogen and oxygen atoms in total. The normalized spacial score (nSPS) is 13.1. The molecule has 0 saturated heterocycles. The first-order chi connectivity index (χ1) is 13.9. The van der Waals surface area contributed by atoms with Crippen LogP contribution in [0.2, 0.25) is 5.02 Å². The maximum atomic E-state index is 13.2. The maximum absolute atomic E-state index is 13.2. The van der Waals surface area contributed by atoms with Crippen LogP contribution >= 0.6 is 11.6 Å². The average Bonchev–Trinajstić information content (AvgIpc) is 2.69. The summed E-state index contributed by atoms with van der Waals surface area (Å²) < 4.78 is 1.57. The Labute approximate surface area is 172 Å². The highest BCUT2D eigenvalue weighted by Crippen LogP contribution is 2.24. The van der Waals surface area contributed by atoms with E-state index in [1.807, 2.05) is 19.9 Å². The number of benzene rings is 1. The van der Waals surface area contributed by atoms with Crippen molar-refractivity contribution in [3.63, 3.8) is 0 Å². The van der Waals surface area contributed by atoms with Crippen LogP contribution < -0.4 is 22.3 Å². The first kappa shape index (κ1) is 20.5. The summed E-state index contributed by atoms with van der Waals surface area (Å²) >= 11 is 6.26. The molecule has 3 aromatic rings. The van der Waals surface area contributed by atoms with Crippen LogP contribution in [0, 0.1) is 17.2 Å². The number of halogens is 1. The highest BCUT2D eigenvalue weighted by atomic mass is 35.5. The fraction of sp³-hybridized carbons (Fsp3) is 0.316. The minimum atomic E-state index is -0.461. The molecule has 2 heterocycles. The van der Waals surface area contributed by atoms with Gasteiger partial charge in [0.05, 0.1) is 22.0 Å². The van der Waals surface area contributed by atoms with Crippen molar-refractivity contribution in [3.05, 3.63) is 51.3 Å². The lowest BCUT2D eigenvalue weighted by Crippen LogP contribution is -2.32. The Balaban J connectivity index is 2.15. The monoisotopic (exact) mass is 412 g/mol. The summed E-state index contributed by atoms with van der Waals surface area (Å²) in [7, 11) is 0. The number of hydrogen-bond acceptors (Lipinski definition) is 8. The molecule has 0 saturated carbocycles. The minimum Gasteiger partial charge on any atom is -0.382 e. The third-order valence-electron chi connectivity index (χ3n) is 4.59. The zero-order valence-electron chi connectivity index (χ0n) is 16.1. The quantitative estimate of drug-likeness (QED) is 0.556. The van der Waals surface area contributed by atoms with Crippen molar-refractivity contribution in [2.75, 3.05) is 17.6 Å². The number of aromatic nitrogens is 4. The summed E-state index contributed by atoms with van der Waals surface area (Å²) in [5, 5.41) is 13.2. The average molecular weight is 413 g/mol. The highest BCUT2D eigenvalue weighted by molar-refractivity contribution is 6.35. The van der Waals surface area contributed by atoms with Crippen LogP contribution in [0.25, 0.3) is 10.9 Å². The predicted molar refractivity (Wildman–Crippen MR) is 112 cm³/mol. The predicted octanol–water partition coefficient (Wildman–Crippen LogP) is 2.06. The Kier molecular flexibility index (Phi) is 5.96. The molecule has 1 unspecified atom stereocenters. The number of hydrogen-bond donors (Lipinski definition) is 3. The Bertz CT molecular complexity index is 1150. The molecule has 29 heavy (non-hydrogen) atoms. The summed E-state index contributed by atoms with van der Waals surface area (Å²) in [6.45, 7) is 4.56. The number of nitrogen functional groups attached to an aromatic ring is 1. The molecule has 0 aliphatic heterocycles. The summed E-state index contributed by atoms with van der Waals surface area (Å²) in [6, 6.07) is 6.67. The van der Waals surface area contributed by atoms with Gasteiger partial charge in [0.1, 0.15) is 35.4 Å². The summed E-state index contributed by atoms with van der Waals surface area (Å²) in [5.74, 6) is 0.867. The van der Waals surface area contributed by atoms with Crippen LogP contribution in [0.15, 0.2) is 29.3 Å². The Hall–Kier alpha value is -3.22. The molecule has 3 rings (SSSR count). The molecular formula is C19H21ClN8O. The summed E-state index contributed by atoms with van der Waals surface area (Å²) in [5.41, 5.74) is 11.9. The van der Waals surface area contributed by atoms with Crippen LogP contribution in [0.5, 0.6) is 0 Å². The molecule has 0 aliphatic rings.